The Morgan fingerprint density at radius 3 is 2.40 bits per heavy atom. The minimum Gasteiger partial charge on any atom is -0.493 e. The van der Waals surface area contributed by atoms with Crippen molar-refractivity contribution in [3.05, 3.63) is 65.0 Å². The molecule has 2 aliphatic heterocycles. The lowest BCUT2D eigenvalue weighted by molar-refractivity contribution is -1.02. The van der Waals surface area contributed by atoms with Crippen LogP contribution in [0.1, 0.15) is 29.5 Å². The van der Waals surface area contributed by atoms with E-state index in [4.69, 9.17) is 9.26 Å². The van der Waals surface area contributed by atoms with Crippen molar-refractivity contribution in [2.24, 2.45) is 0 Å². The molecule has 0 radical (unpaired) electrons. The van der Waals surface area contributed by atoms with Crippen LogP contribution in [0.25, 0.3) is 11.4 Å². The molecule has 6 nitrogen and oxygen atoms in total. The second kappa shape index (κ2) is 8.58. The Kier molecular flexibility index (Phi) is 5.51. The first kappa shape index (κ1) is 19.3. The minimum absolute atomic E-state index is 0.692. The van der Waals surface area contributed by atoms with Gasteiger partial charge in [0, 0.05) is 17.5 Å². The van der Waals surface area contributed by atoms with Crippen LogP contribution in [-0.4, -0.2) is 42.9 Å². The molecule has 2 N–H and O–H groups in total. The SMILES string of the molecule is CCc1ccc(-c2noc(C[NH+]3CC[NH+](Cc4ccc5c(c4)CCO5)CC3)n2)cc1. The topological polar surface area (TPSA) is 57.0 Å². The molecule has 3 heterocycles. The zero-order valence-corrected chi connectivity index (χ0v) is 17.6. The second-order valence-electron chi connectivity index (χ2n) is 8.46. The number of nitrogens with one attached hydrogen (secondary N) is 2. The van der Waals surface area contributed by atoms with Crippen LogP contribution in [0, 0.1) is 0 Å². The van der Waals surface area contributed by atoms with E-state index in [-0.39, 0.29) is 0 Å². The quantitative estimate of drug-likeness (QED) is 0.633. The van der Waals surface area contributed by atoms with E-state index in [1.165, 1.54) is 34.7 Å². The van der Waals surface area contributed by atoms with Crippen LogP contribution in [0.3, 0.4) is 0 Å². The first-order valence-corrected chi connectivity index (χ1v) is 11.1. The molecule has 0 atom stereocenters. The van der Waals surface area contributed by atoms with E-state index < -0.39 is 0 Å². The van der Waals surface area contributed by atoms with Crippen LogP contribution in [0.4, 0.5) is 0 Å². The largest absolute Gasteiger partial charge is 0.493 e. The van der Waals surface area contributed by atoms with Gasteiger partial charge in [-0.1, -0.05) is 36.3 Å². The summed E-state index contributed by atoms with van der Waals surface area (Å²) in [5, 5.41) is 4.19. The number of nitrogens with zero attached hydrogens (tertiary/aromatic N) is 2. The standard InChI is InChI=1S/C24H28N4O2/c1-2-18-3-6-20(7-4-18)24-25-23(30-26-24)17-28-12-10-27(11-13-28)16-19-5-8-22-21(15-19)9-14-29-22/h3-8,15H,2,9-14,16-17H2,1H3/p+2. The van der Waals surface area contributed by atoms with Gasteiger partial charge in [0.15, 0.2) is 6.54 Å². The molecule has 0 aliphatic carbocycles. The smallest absolute Gasteiger partial charge is 0.282 e. The summed E-state index contributed by atoms with van der Waals surface area (Å²) in [6, 6.07) is 15.1. The monoisotopic (exact) mass is 406 g/mol. The number of fused-ring (bicyclic) bond motifs is 1. The van der Waals surface area contributed by atoms with Gasteiger partial charge in [0.1, 0.15) is 38.5 Å². The molecule has 2 aromatic carbocycles. The number of rotatable bonds is 6. The summed E-state index contributed by atoms with van der Waals surface area (Å²) in [5.41, 5.74) is 5.13. The van der Waals surface area contributed by atoms with Crippen molar-refractivity contribution in [1.29, 1.82) is 0 Å². The van der Waals surface area contributed by atoms with E-state index in [9.17, 15) is 0 Å². The summed E-state index contributed by atoms with van der Waals surface area (Å²) in [7, 11) is 0. The highest BCUT2D eigenvalue weighted by Gasteiger charge is 2.25. The van der Waals surface area contributed by atoms with Gasteiger partial charge in [-0.05, 0) is 35.7 Å². The lowest BCUT2D eigenvalue weighted by Gasteiger charge is -2.29. The summed E-state index contributed by atoms with van der Waals surface area (Å²) >= 11 is 0. The van der Waals surface area contributed by atoms with Crippen LogP contribution >= 0.6 is 0 Å². The van der Waals surface area contributed by atoms with Gasteiger partial charge in [-0.3, -0.25) is 0 Å². The molecule has 6 heteroatoms. The highest BCUT2D eigenvalue weighted by molar-refractivity contribution is 5.54. The Labute approximate surface area is 177 Å². The maximum atomic E-state index is 5.62. The molecule has 1 fully saturated rings. The van der Waals surface area contributed by atoms with Crippen molar-refractivity contribution >= 4 is 0 Å². The molecule has 0 spiro atoms. The summed E-state index contributed by atoms with van der Waals surface area (Å²) in [5.74, 6) is 2.50. The predicted octanol–water partition coefficient (Wildman–Crippen LogP) is 0.718. The highest BCUT2D eigenvalue weighted by atomic mass is 16.5. The summed E-state index contributed by atoms with van der Waals surface area (Å²) < 4.78 is 11.2. The molecule has 0 saturated carbocycles. The van der Waals surface area contributed by atoms with Gasteiger partial charge in [0.25, 0.3) is 5.89 Å². The average Bonchev–Trinajstić information content (AvgIpc) is 3.44. The third-order valence-electron chi connectivity index (χ3n) is 6.36. The molecule has 1 aromatic heterocycles. The molecule has 0 unspecified atom stereocenters. The molecular weight excluding hydrogens is 376 g/mol. The fourth-order valence-electron chi connectivity index (χ4n) is 4.50. The van der Waals surface area contributed by atoms with E-state index in [0.717, 1.165) is 62.8 Å². The zero-order valence-electron chi connectivity index (χ0n) is 17.6. The molecule has 156 valence electrons. The van der Waals surface area contributed by atoms with Gasteiger partial charge in [-0.2, -0.15) is 4.98 Å². The normalized spacial score (nSPS) is 20.7. The molecule has 30 heavy (non-hydrogen) atoms. The number of hydrogen-bond donors (Lipinski definition) is 2. The number of aryl methyl sites for hydroxylation is 1. The fourth-order valence-corrected chi connectivity index (χ4v) is 4.50. The first-order valence-electron chi connectivity index (χ1n) is 11.1. The van der Waals surface area contributed by atoms with E-state index in [1.54, 1.807) is 4.90 Å². The maximum absolute atomic E-state index is 5.62. The zero-order chi connectivity index (χ0) is 20.3. The fraction of sp³-hybridized carbons (Fsp3) is 0.417. The van der Waals surface area contributed by atoms with Crippen molar-refractivity contribution in [2.75, 3.05) is 32.8 Å². The summed E-state index contributed by atoms with van der Waals surface area (Å²) in [4.78, 5) is 7.81. The molecular formula is C24H30N4O2+2. The molecule has 0 amide bonds. The van der Waals surface area contributed by atoms with Crippen LogP contribution in [0.2, 0.25) is 0 Å². The van der Waals surface area contributed by atoms with Gasteiger partial charge in [0.2, 0.25) is 5.82 Å². The van der Waals surface area contributed by atoms with Gasteiger partial charge in [0.05, 0.1) is 6.61 Å². The number of benzene rings is 2. The number of aromatic nitrogens is 2. The van der Waals surface area contributed by atoms with Crippen molar-refractivity contribution in [3.8, 4) is 17.1 Å². The van der Waals surface area contributed by atoms with Gasteiger partial charge < -0.3 is 19.1 Å². The Hall–Kier alpha value is -2.70. The third-order valence-corrected chi connectivity index (χ3v) is 6.36. The summed E-state index contributed by atoms with van der Waals surface area (Å²) in [6.45, 7) is 9.49. The van der Waals surface area contributed by atoms with Crippen molar-refractivity contribution in [1.82, 2.24) is 10.1 Å². The van der Waals surface area contributed by atoms with E-state index >= 15 is 0 Å². The van der Waals surface area contributed by atoms with Crippen LogP contribution < -0.4 is 14.5 Å². The van der Waals surface area contributed by atoms with Gasteiger partial charge in [-0.15, -0.1) is 0 Å². The van der Waals surface area contributed by atoms with Crippen LogP contribution in [-0.2, 0) is 25.9 Å². The number of piperazine rings is 1. The first-order chi connectivity index (χ1) is 14.8. The Morgan fingerprint density at radius 2 is 1.63 bits per heavy atom. The number of ether oxygens (including phenoxy) is 1. The number of quaternary nitrogens is 2. The predicted molar refractivity (Wildman–Crippen MR) is 114 cm³/mol. The third kappa shape index (κ3) is 4.25. The van der Waals surface area contributed by atoms with Crippen molar-refractivity contribution in [3.63, 3.8) is 0 Å². The summed E-state index contributed by atoms with van der Waals surface area (Å²) in [6.07, 6.45) is 2.08. The molecule has 2 aliphatic rings. The van der Waals surface area contributed by atoms with Crippen molar-refractivity contribution in [2.45, 2.75) is 32.9 Å². The van der Waals surface area contributed by atoms with Gasteiger partial charge in [-0.25, -0.2) is 0 Å². The Morgan fingerprint density at radius 1 is 0.900 bits per heavy atom. The second-order valence-corrected chi connectivity index (χ2v) is 8.46. The number of hydrogen-bond acceptors (Lipinski definition) is 4. The van der Waals surface area contributed by atoms with Crippen LogP contribution in [0.5, 0.6) is 5.75 Å². The lowest BCUT2D eigenvalue weighted by atomic mass is 10.1. The van der Waals surface area contributed by atoms with E-state index in [2.05, 4.69) is 59.5 Å². The highest BCUT2D eigenvalue weighted by Crippen LogP contribution is 2.25. The minimum atomic E-state index is 0.692. The Bertz CT molecular complexity index is 991. The van der Waals surface area contributed by atoms with Crippen LogP contribution in [0.15, 0.2) is 47.0 Å². The molecule has 3 aromatic rings. The van der Waals surface area contributed by atoms with Gasteiger partial charge >= 0.3 is 0 Å². The van der Waals surface area contributed by atoms with E-state index in [1.807, 2.05) is 0 Å². The maximum Gasteiger partial charge on any atom is 0.282 e. The Balaban J connectivity index is 1.13. The van der Waals surface area contributed by atoms with Crippen molar-refractivity contribution < 1.29 is 19.1 Å². The average molecular weight is 407 g/mol. The molecule has 1 saturated heterocycles. The molecule has 5 rings (SSSR count). The molecule has 0 bridgehead atoms. The lowest BCUT2D eigenvalue weighted by Crippen LogP contribution is -3.27. The van der Waals surface area contributed by atoms with E-state index in [0.29, 0.717) is 5.82 Å².